The molecule has 152 valence electrons. The lowest BCUT2D eigenvalue weighted by Gasteiger charge is -2.52. The van der Waals surface area contributed by atoms with E-state index in [-0.39, 0.29) is 33.3 Å². The molecule has 1 spiro atoms. The molecule has 0 aromatic heterocycles. The Balaban J connectivity index is 1.54. The molecule has 0 aliphatic heterocycles. The zero-order valence-electron chi connectivity index (χ0n) is 16.9. The van der Waals surface area contributed by atoms with Gasteiger partial charge in [0.25, 0.3) is 0 Å². The Morgan fingerprint density at radius 2 is 1.81 bits per heavy atom. The second-order valence-electron chi connectivity index (χ2n) is 10.9. The average molecular weight is 378 g/mol. The Labute approximate surface area is 162 Å². The van der Waals surface area contributed by atoms with Crippen LogP contribution in [0.15, 0.2) is 0 Å². The van der Waals surface area contributed by atoms with Gasteiger partial charge in [-0.05, 0) is 92.3 Å². The number of nitro groups is 1. The molecule has 27 heavy (non-hydrogen) atoms. The smallest absolute Gasteiger partial charge is 0.218 e. The molecule has 1 N–H and O–H groups in total. The van der Waals surface area contributed by atoms with E-state index in [1.54, 1.807) is 0 Å². The van der Waals surface area contributed by atoms with Crippen molar-refractivity contribution >= 4 is 0 Å². The molecule has 5 rings (SSSR count). The number of nitrogens with zero attached hydrogens (tertiary/aromatic N) is 1. The largest absolute Gasteiger partial charge is 0.393 e. The van der Waals surface area contributed by atoms with Crippen LogP contribution in [0.2, 0.25) is 0 Å². The third kappa shape index (κ3) is 2.19. The summed E-state index contributed by atoms with van der Waals surface area (Å²) in [5.41, 5.74) is 0.303. The third-order valence-electron chi connectivity index (χ3n) is 10.5. The fraction of sp³-hybridized carbons (Fsp3) is 1.00. The van der Waals surface area contributed by atoms with Crippen LogP contribution in [0, 0.1) is 50.0 Å². The number of methoxy groups -OCH3 is 1. The first-order valence-corrected chi connectivity index (χ1v) is 11.2. The van der Waals surface area contributed by atoms with Crippen molar-refractivity contribution in [1.29, 1.82) is 0 Å². The maximum Gasteiger partial charge on any atom is 0.218 e. The molecule has 5 aliphatic rings. The molecular formula is C22H35NO4. The predicted octanol–water partition coefficient (Wildman–Crippen LogP) is 4.05. The standard InChI is InChI=1S/C22H35NO4/c1-20-8-5-15-12-18-17(22(18,20)10-7-19(20)23(25)26)4-3-14-11-16(24)6-9-21(14,15)13-27-2/h14-19,24H,3-13H2,1-2H3/t14-,15-,16+,17?,18?,19-,20+,21?,22-/m0/s1. The van der Waals surface area contributed by atoms with Crippen molar-refractivity contribution in [2.75, 3.05) is 13.7 Å². The highest BCUT2D eigenvalue weighted by molar-refractivity contribution is 5.25. The van der Waals surface area contributed by atoms with E-state index < -0.39 is 0 Å². The van der Waals surface area contributed by atoms with Crippen LogP contribution in [0.5, 0.6) is 0 Å². The minimum atomic E-state index is -0.342. The van der Waals surface area contributed by atoms with Crippen molar-refractivity contribution in [3.05, 3.63) is 10.1 Å². The van der Waals surface area contributed by atoms with Crippen molar-refractivity contribution < 1.29 is 14.8 Å². The summed E-state index contributed by atoms with van der Waals surface area (Å²) >= 11 is 0. The van der Waals surface area contributed by atoms with Gasteiger partial charge in [0.05, 0.1) is 12.7 Å². The molecule has 5 fully saturated rings. The highest BCUT2D eigenvalue weighted by atomic mass is 16.6. The summed E-state index contributed by atoms with van der Waals surface area (Å²) in [7, 11) is 1.83. The van der Waals surface area contributed by atoms with Gasteiger partial charge in [-0.3, -0.25) is 10.1 Å². The summed E-state index contributed by atoms with van der Waals surface area (Å²) in [6.07, 6.45) is 10.4. The van der Waals surface area contributed by atoms with Gasteiger partial charge in [-0.25, -0.2) is 0 Å². The third-order valence-corrected chi connectivity index (χ3v) is 10.5. The minimum absolute atomic E-state index is 0.0535. The lowest BCUT2D eigenvalue weighted by molar-refractivity contribution is -0.540. The summed E-state index contributed by atoms with van der Waals surface area (Å²) in [4.78, 5) is 11.9. The zero-order valence-corrected chi connectivity index (χ0v) is 16.9. The predicted molar refractivity (Wildman–Crippen MR) is 102 cm³/mol. The molecule has 0 heterocycles. The summed E-state index contributed by atoms with van der Waals surface area (Å²) in [6.45, 7) is 3.07. The van der Waals surface area contributed by atoms with E-state index >= 15 is 0 Å². The van der Waals surface area contributed by atoms with E-state index in [0.29, 0.717) is 23.7 Å². The fourth-order valence-corrected chi connectivity index (χ4v) is 9.32. The molecule has 5 aliphatic carbocycles. The lowest BCUT2D eigenvalue weighted by atomic mass is 9.55. The van der Waals surface area contributed by atoms with Gasteiger partial charge < -0.3 is 9.84 Å². The molecule has 0 radical (unpaired) electrons. The van der Waals surface area contributed by atoms with E-state index in [1.807, 2.05) is 7.11 Å². The molecule has 5 saturated carbocycles. The number of rotatable bonds is 3. The first kappa shape index (κ1) is 18.4. The van der Waals surface area contributed by atoms with Crippen LogP contribution in [0.25, 0.3) is 0 Å². The van der Waals surface area contributed by atoms with Crippen LogP contribution < -0.4 is 0 Å². The normalized spacial score (nSPS) is 56.3. The van der Waals surface area contributed by atoms with Gasteiger partial charge in [0, 0.05) is 23.9 Å². The van der Waals surface area contributed by atoms with Crippen molar-refractivity contribution in [3.8, 4) is 0 Å². The van der Waals surface area contributed by atoms with Crippen LogP contribution >= 0.6 is 0 Å². The molecule has 0 aromatic carbocycles. The van der Waals surface area contributed by atoms with Crippen LogP contribution in [0.4, 0.5) is 0 Å². The number of hydrogen-bond acceptors (Lipinski definition) is 4. The molecule has 0 saturated heterocycles. The van der Waals surface area contributed by atoms with Gasteiger partial charge in [-0.1, -0.05) is 6.92 Å². The Hall–Kier alpha value is -0.680. The maximum absolute atomic E-state index is 11.9. The number of aliphatic hydroxyl groups excluding tert-OH is 1. The highest BCUT2D eigenvalue weighted by Gasteiger charge is 2.79. The van der Waals surface area contributed by atoms with Crippen molar-refractivity contribution in [2.24, 2.45) is 39.9 Å². The van der Waals surface area contributed by atoms with Crippen molar-refractivity contribution in [2.45, 2.75) is 83.3 Å². The highest BCUT2D eigenvalue weighted by Crippen LogP contribution is 2.82. The summed E-state index contributed by atoms with van der Waals surface area (Å²) < 4.78 is 5.80. The zero-order chi connectivity index (χ0) is 19.0. The molecule has 5 nitrogen and oxygen atoms in total. The van der Waals surface area contributed by atoms with E-state index in [4.69, 9.17) is 4.74 Å². The average Bonchev–Trinajstić information content (AvgIpc) is 3.16. The van der Waals surface area contributed by atoms with Crippen molar-refractivity contribution in [3.63, 3.8) is 0 Å². The fourth-order valence-electron chi connectivity index (χ4n) is 9.32. The molecule has 3 unspecified atom stereocenters. The van der Waals surface area contributed by atoms with Crippen LogP contribution in [-0.2, 0) is 4.74 Å². The van der Waals surface area contributed by atoms with E-state index in [1.165, 1.54) is 19.3 Å². The molecule has 5 heteroatoms. The second-order valence-corrected chi connectivity index (χ2v) is 10.9. The van der Waals surface area contributed by atoms with E-state index in [9.17, 15) is 15.2 Å². The molecule has 2 bridgehead atoms. The Morgan fingerprint density at radius 1 is 1.04 bits per heavy atom. The Kier molecular flexibility index (Phi) is 4.02. The number of aliphatic hydroxyl groups is 1. The first-order chi connectivity index (χ1) is 12.9. The van der Waals surface area contributed by atoms with Crippen molar-refractivity contribution in [1.82, 2.24) is 0 Å². The van der Waals surface area contributed by atoms with E-state index in [2.05, 4.69) is 6.92 Å². The lowest BCUT2D eigenvalue weighted by Crippen LogP contribution is -2.48. The molecule has 0 aromatic rings. The van der Waals surface area contributed by atoms with Crippen LogP contribution in [-0.4, -0.2) is 35.9 Å². The second kappa shape index (κ2) is 5.91. The summed E-state index contributed by atoms with van der Waals surface area (Å²) in [5, 5.41) is 22.2. The summed E-state index contributed by atoms with van der Waals surface area (Å²) in [5.74, 6) is 2.55. The molecule has 0 amide bonds. The number of ether oxygens (including phenoxy) is 1. The van der Waals surface area contributed by atoms with Gasteiger partial charge >= 0.3 is 0 Å². The van der Waals surface area contributed by atoms with Gasteiger partial charge in [0.15, 0.2) is 0 Å². The number of hydrogen-bond donors (Lipinski definition) is 1. The van der Waals surface area contributed by atoms with Gasteiger partial charge in [-0.15, -0.1) is 0 Å². The topological polar surface area (TPSA) is 72.6 Å². The van der Waals surface area contributed by atoms with Crippen LogP contribution in [0.1, 0.15) is 71.1 Å². The monoisotopic (exact) mass is 377 g/mol. The minimum Gasteiger partial charge on any atom is -0.393 e. The van der Waals surface area contributed by atoms with E-state index in [0.717, 1.165) is 51.6 Å². The van der Waals surface area contributed by atoms with Gasteiger partial charge in [0.2, 0.25) is 6.04 Å². The van der Waals surface area contributed by atoms with Crippen LogP contribution in [0.3, 0.4) is 0 Å². The molecular weight excluding hydrogens is 342 g/mol. The molecule has 9 atom stereocenters. The SMILES string of the molecule is COCC12CC[C@@H](O)C[C@@H]1CCC1C3C[C@@H]2CC[C@]2(C)[C@@H]([N+](=O)[O-])CC[C@]132. The quantitative estimate of drug-likeness (QED) is 0.595. The van der Waals surface area contributed by atoms with Gasteiger partial charge in [0.1, 0.15) is 0 Å². The maximum atomic E-state index is 11.9. The number of fused-ring (bicyclic) bond motifs is 3. The van der Waals surface area contributed by atoms with Gasteiger partial charge in [-0.2, -0.15) is 0 Å². The Bertz CT molecular complexity index is 640. The summed E-state index contributed by atoms with van der Waals surface area (Å²) in [6, 6.07) is -0.342. The first-order valence-electron chi connectivity index (χ1n) is 11.2. The Morgan fingerprint density at radius 3 is 2.56 bits per heavy atom.